The van der Waals surface area contributed by atoms with Crippen molar-refractivity contribution in [3.63, 3.8) is 0 Å². The van der Waals surface area contributed by atoms with Gasteiger partial charge in [0.25, 0.3) is 0 Å². The summed E-state index contributed by atoms with van der Waals surface area (Å²) in [4.78, 5) is 47.3. The molecule has 3 atom stereocenters. The number of amides is 3. The molecule has 0 aliphatic rings. The van der Waals surface area contributed by atoms with E-state index in [0.29, 0.717) is 19.4 Å². The van der Waals surface area contributed by atoms with E-state index in [2.05, 4.69) is 21.3 Å². The topological polar surface area (TPSA) is 176 Å². The van der Waals surface area contributed by atoms with Crippen LogP contribution in [0.2, 0.25) is 0 Å². The number of nitrogens with one attached hydrogen (secondary N) is 5. The van der Waals surface area contributed by atoms with Gasteiger partial charge in [-0.05, 0) is 32.3 Å². The number of nitrogens with two attached hydrogens (primary N) is 1. The zero-order chi connectivity index (χ0) is 23.2. The SMILES string of the molecule is C[C@H](NC(=O)[C@@H](C)NC(=O)OCc1ccccc1)C(=O)N[C@H]([C]=O)CCCNC(=N)N. The van der Waals surface area contributed by atoms with Crippen LogP contribution in [-0.4, -0.2) is 54.8 Å². The number of carbonyl (C=O) groups excluding carboxylic acids is 4. The Labute approximate surface area is 181 Å². The third kappa shape index (κ3) is 10.6. The Morgan fingerprint density at radius 3 is 2.29 bits per heavy atom. The van der Waals surface area contributed by atoms with Gasteiger partial charge in [-0.2, -0.15) is 0 Å². The Bertz CT molecular complexity index is 758. The van der Waals surface area contributed by atoms with Crippen molar-refractivity contribution in [3.05, 3.63) is 35.9 Å². The minimum Gasteiger partial charge on any atom is -0.445 e. The van der Waals surface area contributed by atoms with Crippen LogP contribution < -0.4 is 27.0 Å². The van der Waals surface area contributed by atoms with E-state index in [1.165, 1.54) is 13.8 Å². The fourth-order valence-electron chi connectivity index (χ4n) is 2.40. The maximum Gasteiger partial charge on any atom is 0.408 e. The molecule has 1 aromatic rings. The summed E-state index contributed by atoms with van der Waals surface area (Å²) in [6.07, 6.45) is 1.73. The van der Waals surface area contributed by atoms with Crippen molar-refractivity contribution in [1.82, 2.24) is 21.3 Å². The maximum absolute atomic E-state index is 12.2. The first kappa shape index (κ1) is 25.4. The van der Waals surface area contributed by atoms with Gasteiger partial charge in [-0.25, -0.2) is 4.79 Å². The fourth-order valence-corrected chi connectivity index (χ4v) is 2.40. The van der Waals surface area contributed by atoms with Crippen LogP contribution in [0.4, 0.5) is 4.79 Å². The first-order valence-electron chi connectivity index (χ1n) is 9.76. The highest BCUT2D eigenvalue weighted by molar-refractivity contribution is 5.91. The molecule has 0 fully saturated rings. The minimum absolute atomic E-state index is 0.0609. The molecule has 7 N–H and O–H groups in total. The quantitative estimate of drug-likeness (QED) is 0.148. The molecular weight excluding hydrogens is 404 g/mol. The Kier molecular flexibility index (Phi) is 11.1. The third-order valence-electron chi connectivity index (χ3n) is 4.14. The molecule has 1 radical (unpaired) electrons. The smallest absolute Gasteiger partial charge is 0.408 e. The molecule has 0 aliphatic heterocycles. The first-order chi connectivity index (χ1) is 14.7. The molecule has 11 heteroatoms. The van der Waals surface area contributed by atoms with Crippen molar-refractivity contribution in [1.29, 1.82) is 5.41 Å². The van der Waals surface area contributed by atoms with Crippen LogP contribution in [0.15, 0.2) is 30.3 Å². The van der Waals surface area contributed by atoms with Gasteiger partial charge >= 0.3 is 6.09 Å². The van der Waals surface area contributed by atoms with Crippen molar-refractivity contribution in [3.8, 4) is 0 Å². The molecule has 0 saturated heterocycles. The van der Waals surface area contributed by atoms with Gasteiger partial charge in [-0.3, -0.25) is 19.8 Å². The van der Waals surface area contributed by atoms with Crippen molar-refractivity contribution < 1.29 is 23.9 Å². The molecule has 0 aliphatic carbocycles. The normalized spacial score (nSPS) is 13.1. The third-order valence-corrected chi connectivity index (χ3v) is 4.14. The Balaban J connectivity index is 2.37. The highest BCUT2D eigenvalue weighted by Gasteiger charge is 2.23. The molecular formula is C20H29N6O5. The molecule has 0 saturated carbocycles. The van der Waals surface area contributed by atoms with Gasteiger partial charge in [0.2, 0.25) is 18.1 Å². The predicted molar refractivity (Wildman–Crippen MR) is 114 cm³/mol. The maximum atomic E-state index is 12.2. The number of guanidine groups is 1. The molecule has 0 heterocycles. The lowest BCUT2D eigenvalue weighted by molar-refractivity contribution is -0.129. The van der Waals surface area contributed by atoms with E-state index in [-0.39, 0.29) is 12.6 Å². The summed E-state index contributed by atoms with van der Waals surface area (Å²) in [5, 5.41) is 17.0. The van der Waals surface area contributed by atoms with Crippen molar-refractivity contribution in [2.75, 3.05) is 6.54 Å². The van der Waals surface area contributed by atoms with Crippen LogP contribution >= 0.6 is 0 Å². The second-order valence-electron chi connectivity index (χ2n) is 6.82. The van der Waals surface area contributed by atoms with Gasteiger partial charge in [-0.15, -0.1) is 0 Å². The Morgan fingerprint density at radius 1 is 1.06 bits per heavy atom. The molecule has 169 valence electrons. The van der Waals surface area contributed by atoms with Crippen molar-refractivity contribution in [2.24, 2.45) is 5.73 Å². The number of hydrogen-bond acceptors (Lipinski definition) is 6. The number of hydrogen-bond donors (Lipinski definition) is 6. The van der Waals surface area contributed by atoms with E-state index < -0.39 is 36.0 Å². The summed E-state index contributed by atoms with van der Waals surface area (Å²) in [5.41, 5.74) is 5.96. The number of rotatable bonds is 12. The summed E-state index contributed by atoms with van der Waals surface area (Å²) in [7, 11) is 0. The molecule has 1 aromatic carbocycles. The van der Waals surface area contributed by atoms with Gasteiger partial charge in [0.15, 0.2) is 5.96 Å². The van der Waals surface area contributed by atoms with E-state index in [4.69, 9.17) is 15.9 Å². The van der Waals surface area contributed by atoms with Gasteiger partial charge in [-0.1, -0.05) is 30.3 Å². The summed E-state index contributed by atoms with van der Waals surface area (Å²) in [5.74, 6) is -1.34. The molecule has 0 spiro atoms. The minimum atomic E-state index is -0.941. The average molecular weight is 433 g/mol. The van der Waals surface area contributed by atoms with Gasteiger partial charge in [0, 0.05) is 6.54 Å². The van der Waals surface area contributed by atoms with Crippen molar-refractivity contribution >= 4 is 30.2 Å². The molecule has 11 nitrogen and oxygen atoms in total. The van der Waals surface area contributed by atoms with E-state index >= 15 is 0 Å². The second-order valence-corrected chi connectivity index (χ2v) is 6.82. The molecule has 0 unspecified atom stereocenters. The van der Waals surface area contributed by atoms with E-state index in [9.17, 15) is 19.2 Å². The number of ether oxygens (including phenoxy) is 1. The van der Waals surface area contributed by atoms with E-state index in [1.54, 1.807) is 18.4 Å². The van der Waals surface area contributed by atoms with Crippen molar-refractivity contribution in [2.45, 2.75) is 51.4 Å². The lowest BCUT2D eigenvalue weighted by atomic mass is 10.1. The standard InChI is InChI=1S/C20H29N6O5/c1-13(18(29)26-16(11-27)9-6-10-23-19(21)22)24-17(28)14(2)25-20(30)31-12-15-7-4-3-5-8-15/h3-5,7-8,13-14,16H,6,9-10,12H2,1-2H3,(H,24,28)(H,25,30)(H,26,29)(H4,21,22,23)/t13-,14+,16-/m0/s1. The van der Waals surface area contributed by atoms with Gasteiger partial charge in [0.1, 0.15) is 18.7 Å². The highest BCUT2D eigenvalue weighted by Crippen LogP contribution is 2.01. The zero-order valence-corrected chi connectivity index (χ0v) is 17.6. The highest BCUT2D eigenvalue weighted by atomic mass is 16.5. The molecule has 1 rings (SSSR count). The van der Waals surface area contributed by atoms with Crippen LogP contribution in [0.5, 0.6) is 0 Å². The van der Waals surface area contributed by atoms with Gasteiger partial charge < -0.3 is 31.7 Å². The Hall–Kier alpha value is -3.63. The van der Waals surface area contributed by atoms with E-state index in [0.717, 1.165) is 5.56 Å². The van der Waals surface area contributed by atoms with Crippen LogP contribution in [0, 0.1) is 5.41 Å². The largest absolute Gasteiger partial charge is 0.445 e. The average Bonchev–Trinajstić information content (AvgIpc) is 2.74. The molecule has 3 amide bonds. The lowest BCUT2D eigenvalue weighted by Gasteiger charge is -2.20. The van der Waals surface area contributed by atoms with Crippen LogP contribution in [-0.2, 0) is 25.7 Å². The molecule has 0 aromatic heterocycles. The fraction of sp³-hybridized carbons (Fsp3) is 0.450. The summed E-state index contributed by atoms with van der Waals surface area (Å²) < 4.78 is 5.05. The predicted octanol–water partition coefficient (Wildman–Crippen LogP) is -0.336. The summed E-state index contributed by atoms with van der Waals surface area (Å²) in [6.45, 7) is 3.34. The van der Waals surface area contributed by atoms with Crippen LogP contribution in [0.25, 0.3) is 0 Å². The monoisotopic (exact) mass is 433 g/mol. The van der Waals surface area contributed by atoms with Crippen LogP contribution in [0.3, 0.4) is 0 Å². The summed E-state index contributed by atoms with van der Waals surface area (Å²) >= 11 is 0. The molecule has 31 heavy (non-hydrogen) atoms. The zero-order valence-electron chi connectivity index (χ0n) is 17.6. The van der Waals surface area contributed by atoms with Crippen LogP contribution in [0.1, 0.15) is 32.3 Å². The van der Waals surface area contributed by atoms with E-state index in [1.807, 2.05) is 18.2 Å². The van der Waals surface area contributed by atoms with Gasteiger partial charge in [0.05, 0.1) is 6.04 Å². The lowest BCUT2D eigenvalue weighted by Crippen LogP contribution is -2.53. The summed E-state index contributed by atoms with van der Waals surface area (Å²) in [6, 6.07) is 6.33. The second kappa shape index (κ2) is 13.6. The number of alkyl carbamates (subject to hydrolysis) is 1. The number of carbonyl (C=O) groups is 3. The first-order valence-corrected chi connectivity index (χ1v) is 9.76. The molecule has 0 bridgehead atoms. The Morgan fingerprint density at radius 2 is 1.68 bits per heavy atom. The number of benzene rings is 1.